The van der Waals surface area contributed by atoms with Gasteiger partial charge in [0.25, 0.3) is 0 Å². The first-order valence-electron chi connectivity index (χ1n) is 9.84. The lowest BCUT2D eigenvalue weighted by Crippen LogP contribution is -1.89. The molecule has 0 spiro atoms. The summed E-state index contributed by atoms with van der Waals surface area (Å²) >= 11 is 0. The molecule has 0 aromatic heterocycles. The minimum Gasteiger partial charge on any atom is -0.206 e. The molecule has 0 radical (unpaired) electrons. The molecule has 0 unspecified atom stereocenters. The summed E-state index contributed by atoms with van der Waals surface area (Å²) in [6.07, 6.45) is 8.15. The van der Waals surface area contributed by atoms with Gasteiger partial charge < -0.3 is 0 Å². The number of rotatable bonds is 8. The summed E-state index contributed by atoms with van der Waals surface area (Å²) in [5.41, 5.74) is 5.66. The van der Waals surface area contributed by atoms with E-state index in [0.717, 1.165) is 41.5 Å². The molecule has 0 amide bonds. The molecule has 0 aliphatic carbocycles. The second-order valence-corrected chi connectivity index (χ2v) is 6.85. The van der Waals surface area contributed by atoms with Gasteiger partial charge in [-0.1, -0.05) is 73.7 Å². The summed E-state index contributed by atoms with van der Waals surface area (Å²) in [5, 5.41) is 8.22. The van der Waals surface area contributed by atoms with E-state index in [-0.39, 0.29) is 5.82 Å². The van der Waals surface area contributed by atoms with Crippen molar-refractivity contribution in [3.05, 3.63) is 107 Å². The Balaban J connectivity index is 1.61. The molecule has 3 rings (SSSR count). The van der Waals surface area contributed by atoms with Gasteiger partial charge in [-0.2, -0.15) is 10.2 Å². The van der Waals surface area contributed by atoms with Crippen LogP contribution in [0.5, 0.6) is 0 Å². The van der Waals surface area contributed by atoms with Gasteiger partial charge in [0, 0.05) is 5.56 Å². The lowest BCUT2D eigenvalue weighted by Gasteiger charge is -2.05. The summed E-state index contributed by atoms with van der Waals surface area (Å²) in [4.78, 5) is 0. The van der Waals surface area contributed by atoms with Crippen LogP contribution >= 0.6 is 0 Å². The summed E-state index contributed by atoms with van der Waals surface area (Å²) < 4.78 is 14.3. The molecule has 2 nitrogen and oxygen atoms in total. The van der Waals surface area contributed by atoms with Crippen LogP contribution in [0.25, 0.3) is 11.1 Å². The molecule has 0 aliphatic heterocycles. The normalized spacial score (nSPS) is 11.4. The number of benzene rings is 3. The molecule has 29 heavy (non-hydrogen) atoms. The van der Waals surface area contributed by atoms with Crippen LogP contribution in [0.15, 0.2) is 89.6 Å². The second-order valence-electron chi connectivity index (χ2n) is 6.85. The van der Waals surface area contributed by atoms with Crippen LogP contribution in [0.4, 0.5) is 4.39 Å². The number of aryl methyl sites for hydroxylation is 2. The molecule has 0 saturated carbocycles. The molecule has 3 heteroatoms. The van der Waals surface area contributed by atoms with E-state index in [2.05, 4.69) is 28.9 Å². The van der Waals surface area contributed by atoms with Gasteiger partial charge in [-0.05, 0) is 53.1 Å². The average molecular weight is 384 g/mol. The largest absolute Gasteiger partial charge is 0.206 e. The standard InChI is InChI=1S/C26H25FN2/c1-3-5-6-21-7-9-22(10-8-21)18-28-29-19-23-11-14-24(15-12-23)25-16-13-20(4-2)17-26(25)27/h3,7-19H,1,4-6H2,2H3. The van der Waals surface area contributed by atoms with Crippen molar-refractivity contribution in [2.24, 2.45) is 10.2 Å². The van der Waals surface area contributed by atoms with Crippen LogP contribution < -0.4 is 0 Å². The number of allylic oxidation sites excluding steroid dienone is 1. The smallest absolute Gasteiger partial charge is 0.131 e. The molecular formula is C26H25FN2. The fraction of sp³-hybridized carbons (Fsp3) is 0.154. The third-order valence-electron chi connectivity index (χ3n) is 4.76. The molecule has 0 saturated heterocycles. The Labute approximate surface area is 172 Å². The van der Waals surface area contributed by atoms with Crippen LogP contribution in [0.3, 0.4) is 0 Å². The number of hydrogen-bond donors (Lipinski definition) is 0. The maximum atomic E-state index is 14.3. The lowest BCUT2D eigenvalue weighted by molar-refractivity contribution is 0.629. The monoisotopic (exact) mass is 384 g/mol. The summed E-state index contributed by atoms with van der Waals surface area (Å²) in [7, 11) is 0. The van der Waals surface area contributed by atoms with E-state index in [9.17, 15) is 4.39 Å². The minimum absolute atomic E-state index is 0.189. The van der Waals surface area contributed by atoms with Gasteiger partial charge in [0.2, 0.25) is 0 Å². The van der Waals surface area contributed by atoms with Crippen molar-refractivity contribution in [2.45, 2.75) is 26.2 Å². The van der Waals surface area contributed by atoms with Crippen LogP contribution in [0.1, 0.15) is 35.6 Å². The van der Waals surface area contributed by atoms with E-state index in [1.54, 1.807) is 18.5 Å². The Morgan fingerprint density at radius 2 is 1.41 bits per heavy atom. The van der Waals surface area contributed by atoms with Crippen LogP contribution in [-0.2, 0) is 12.8 Å². The molecule has 3 aromatic carbocycles. The Morgan fingerprint density at radius 1 is 0.828 bits per heavy atom. The number of hydrogen-bond acceptors (Lipinski definition) is 2. The van der Waals surface area contributed by atoms with Gasteiger partial charge in [-0.3, -0.25) is 0 Å². The Bertz CT molecular complexity index is 1000. The quantitative estimate of drug-likeness (QED) is 0.237. The van der Waals surface area contributed by atoms with Crippen molar-refractivity contribution in [3.63, 3.8) is 0 Å². The lowest BCUT2D eigenvalue weighted by atomic mass is 10.0. The third-order valence-corrected chi connectivity index (χ3v) is 4.76. The van der Waals surface area contributed by atoms with Crippen molar-refractivity contribution in [3.8, 4) is 11.1 Å². The van der Waals surface area contributed by atoms with Crippen molar-refractivity contribution in [1.29, 1.82) is 0 Å². The molecular weight excluding hydrogens is 359 g/mol. The molecule has 0 atom stereocenters. The molecule has 0 heterocycles. The Morgan fingerprint density at radius 3 is 1.97 bits per heavy atom. The SMILES string of the molecule is C=CCCc1ccc(C=NN=Cc2ccc(-c3ccc(CC)cc3F)cc2)cc1. The van der Waals surface area contributed by atoms with Gasteiger partial charge in [0.15, 0.2) is 0 Å². The maximum absolute atomic E-state index is 14.3. The highest BCUT2D eigenvalue weighted by atomic mass is 19.1. The summed E-state index contributed by atoms with van der Waals surface area (Å²) in [5.74, 6) is -0.189. The highest BCUT2D eigenvalue weighted by Crippen LogP contribution is 2.24. The van der Waals surface area contributed by atoms with Gasteiger partial charge in [0.1, 0.15) is 5.82 Å². The highest BCUT2D eigenvalue weighted by Gasteiger charge is 2.05. The van der Waals surface area contributed by atoms with Gasteiger partial charge in [-0.25, -0.2) is 4.39 Å². The van der Waals surface area contributed by atoms with Crippen molar-refractivity contribution in [2.75, 3.05) is 0 Å². The first-order chi connectivity index (χ1) is 14.2. The predicted octanol–water partition coefficient (Wildman–Crippen LogP) is 6.63. The first kappa shape index (κ1) is 20.4. The molecule has 0 fully saturated rings. The van der Waals surface area contributed by atoms with E-state index in [1.807, 2.05) is 61.5 Å². The van der Waals surface area contributed by atoms with Crippen LogP contribution in [0, 0.1) is 5.82 Å². The Hall–Kier alpha value is -3.33. The topological polar surface area (TPSA) is 24.7 Å². The fourth-order valence-electron chi connectivity index (χ4n) is 3.00. The number of halogens is 1. The van der Waals surface area contributed by atoms with E-state index in [1.165, 1.54) is 5.56 Å². The zero-order chi connectivity index (χ0) is 20.5. The van der Waals surface area contributed by atoms with E-state index < -0.39 is 0 Å². The predicted molar refractivity (Wildman–Crippen MR) is 121 cm³/mol. The van der Waals surface area contributed by atoms with Gasteiger partial charge >= 0.3 is 0 Å². The third kappa shape index (κ3) is 5.82. The summed E-state index contributed by atoms with van der Waals surface area (Å²) in [6, 6.07) is 21.3. The van der Waals surface area contributed by atoms with E-state index >= 15 is 0 Å². The molecule has 3 aromatic rings. The van der Waals surface area contributed by atoms with E-state index in [0.29, 0.717) is 5.56 Å². The second kappa shape index (κ2) is 10.3. The van der Waals surface area contributed by atoms with Gasteiger partial charge in [0.05, 0.1) is 12.4 Å². The minimum atomic E-state index is -0.189. The number of nitrogens with zero attached hydrogens (tertiary/aromatic N) is 2. The first-order valence-corrected chi connectivity index (χ1v) is 9.84. The van der Waals surface area contributed by atoms with Crippen LogP contribution in [-0.4, -0.2) is 12.4 Å². The molecule has 0 aliphatic rings. The molecule has 0 bridgehead atoms. The molecule has 0 N–H and O–H groups in total. The van der Waals surface area contributed by atoms with E-state index in [4.69, 9.17) is 0 Å². The van der Waals surface area contributed by atoms with Crippen molar-refractivity contribution in [1.82, 2.24) is 0 Å². The van der Waals surface area contributed by atoms with Gasteiger partial charge in [-0.15, -0.1) is 6.58 Å². The maximum Gasteiger partial charge on any atom is 0.131 e. The van der Waals surface area contributed by atoms with Crippen molar-refractivity contribution < 1.29 is 4.39 Å². The average Bonchev–Trinajstić information content (AvgIpc) is 2.76. The van der Waals surface area contributed by atoms with Crippen molar-refractivity contribution >= 4 is 12.4 Å². The molecule has 146 valence electrons. The fourth-order valence-corrected chi connectivity index (χ4v) is 3.00. The van der Waals surface area contributed by atoms with Crippen LogP contribution in [0.2, 0.25) is 0 Å². The zero-order valence-corrected chi connectivity index (χ0v) is 16.7. The Kier molecular flexibility index (Phi) is 7.23. The summed E-state index contributed by atoms with van der Waals surface area (Å²) in [6.45, 7) is 5.76. The highest BCUT2D eigenvalue weighted by molar-refractivity contribution is 5.83. The zero-order valence-electron chi connectivity index (χ0n) is 16.7.